The van der Waals surface area contributed by atoms with Crippen molar-refractivity contribution in [2.45, 2.75) is 23.2 Å². The van der Waals surface area contributed by atoms with Gasteiger partial charge in [0.2, 0.25) is 5.91 Å². The van der Waals surface area contributed by atoms with Gasteiger partial charge >= 0.3 is 0 Å². The second kappa shape index (κ2) is 8.81. The van der Waals surface area contributed by atoms with E-state index in [9.17, 15) is 14.0 Å². The molecule has 2 heterocycles. The van der Waals surface area contributed by atoms with E-state index in [1.807, 2.05) is 0 Å². The van der Waals surface area contributed by atoms with Crippen molar-refractivity contribution < 1.29 is 18.7 Å². The molecule has 9 heteroatoms. The maximum Gasteiger partial charge on any atom is 0.257 e. The van der Waals surface area contributed by atoms with Gasteiger partial charge in [-0.3, -0.25) is 9.59 Å². The van der Waals surface area contributed by atoms with E-state index in [4.69, 9.17) is 9.47 Å². The summed E-state index contributed by atoms with van der Waals surface area (Å²) < 4.78 is 24.6. The van der Waals surface area contributed by atoms with Gasteiger partial charge in [0.05, 0.1) is 19.8 Å². The maximum absolute atomic E-state index is 13.9. The molecule has 0 saturated heterocycles. The summed E-state index contributed by atoms with van der Waals surface area (Å²) in [5.41, 5.74) is 1.14. The Labute approximate surface area is 182 Å². The number of carbonyl (C=O) groups excluding carboxylic acids is 1. The van der Waals surface area contributed by atoms with E-state index in [1.165, 1.54) is 24.9 Å². The summed E-state index contributed by atoms with van der Waals surface area (Å²) in [7, 11) is 3.07. The minimum atomic E-state index is -0.546. The van der Waals surface area contributed by atoms with E-state index in [0.717, 1.165) is 0 Å². The first-order valence-electron chi connectivity index (χ1n) is 9.52. The first-order chi connectivity index (χ1) is 15.0. The summed E-state index contributed by atoms with van der Waals surface area (Å²) in [5.74, 6) is 0.490. The number of benzene rings is 2. The van der Waals surface area contributed by atoms with Crippen molar-refractivity contribution in [3.8, 4) is 11.5 Å². The number of halogens is 1. The van der Waals surface area contributed by atoms with Crippen LogP contribution in [-0.2, 0) is 10.5 Å². The molecule has 31 heavy (non-hydrogen) atoms. The predicted molar refractivity (Wildman–Crippen MR) is 115 cm³/mol. The first kappa shape index (κ1) is 20.9. The molecule has 0 aliphatic carbocycles. The number of ether oxygens (including phenoxy) is 2. The highest BCUT2D eigenvalue weighted by Gasteiger charge is 2.33. The van der Waals surface area contributed by atoms with Crippen LogP contribution in [-0.4, -0.2) is 30.1 Å². The second-order valence-electron chi connectivity index (χ2n) is 6.93. The van der Waals surface area contributed by atoms with Crippen LogP contribution >= 0.6 is 11.8 Å². The number of amides is 1. The van der Waals surface area contributed by atoms with Crippen molar-refractivity contribution in [3.05, 3.63) is 75.3 Å². The average molecular weight is 441 g/mol. The molecule has 0 saturated carbocycles. The Morgan fingerprint density at radius 3 is 2.71 bits per heavy atom. The topological polar surface area (TPSA) is 93.3 Å². The van der Waals surface area contributed by atoms with Gasteiger partial charge in [-0.05, 0) is 29.8 Å². The van der Waals surface area contributed by atoms with E-state index >= 15 is 0 Å². The van der Waals surface area contributed by atoms with Gasteiger partial charge in [0.25, 0.3) is 5.56 Å². The summed E-state index contributed by atoms with van der Waals surface area (Å²) in [6.45, 7) is 0. The minimum Gasteiger partial charge on any atom is -0.497 e. The van der Waals surface area contributed by atoms with Crippen molar-refractivity contribution in [2.75, 3.05) is 19.5 Å². The molecular formula is C22H20FN3O4S. The third kappa shape index (κ3) is 4.27. The van der Waals surface area contributed by atoms with Crippen LogP contribution in [0.15, 0.2) is 52.4 Å². The second-order valence-corrected chi connectivity index (χ2v) is 7.89. The quantitative estimate of drug-likeness (QED) is 0.448. The van der Waals surface area contributed by atoms with Crippen LogP contribution in [0.1, 0.15) is 29.0 Å². The Bertz CT molecular complexity index is 1200. The number of aromatic amines is 1. The third-order valence-corrected chi connectivity index (χ3v) is 5.99. The van der Waals surface area contributed by atoms with Gasteiger partial charge in [0, 0.05) is 23.7 Å². The van der Waals surface area contributed by atoms with E-state index in [2.05, 4.69) is 15.3 Å². The Kier molecular flexibility index (Phi) is 5.94. The van der Waals surface area contributed by atoms with Gasteiger partial charge in [0.15, 0.2) is 5.16 Å². The molecule has 7 nitrogen and oxygen atoms in total. The standard InChI is InChI=1S/C22H20FN3O4S/c1-29-13-7-8-17(30-2)14(9-13)15-10-18(27)24-20-19(15)21(28)26-22(25-20)31-11-12-5-3-4-6-16(12)23/h3-9,15H,10-11H2,1-2H3,(H2,24,25,26,27,28)/t15-/m0/s1. The lowest BCUT2D eigenvalue weighted by atomic mass is 9.86. The highest BCUT2D eigenvalue weighted by atomic mass is 32.2. The SMILES string of the molecule is COc1ccc(OC)c([C@@H]2CC(=O)Nc3nc(SCc4ccccc4F)[nH]c(=O)c32)c1. The number of rotatable bonds is 6. The molecule has 0 spiro atoms. The fraction of sp³-hybridized carbons (Fsp3) is 0.227. The average Bonchev–Trinajstić information content (AvgIpc) is 2.77. The third-order valence-electron chi connectivity index (χ3n) is 5.06. The van der Waals surface area contributed by atoms with Crippen molar-refractivity contribution in [1.82, 2.24) is 9.97 Å². The van der Waals surface area contributed by atoms with Crippen molar-refractivity contribution in [3.63, 3.8) is 0 Å². The van der Waals surface area contributed by atoms with Crippen LogP contribution in [0.25, 0.3) is 0 Å². The molecule has 1 aliphatic rings. The molecule has 160 valence electrons. The fourth-order valence-corrected chi connectivity index (χ4v) is 4.40. The van der Waals surface area contributed by atoms with Crippen molar-refractivity contribution in [2.24, 2.45) is 0 Å². The Morgan fingerprint density at radius 2 is 1.97 bits per heavy atom. The molecule has 0 radical (unpaired) electrons. The molecule has 0 unspecified atom stereocenters. The molecule has 3 aromatic rings. The highest BCUT2D eigenvalue weighted by Crippen LogP contribution is 2.40. The number of carbonyl (C=O) groups is 1. The van der Waals surface area contributed by atoms with Crippen molar-refractivity contribution in [1.29, 1.82) is 0 Å². The lowest BCUT2D eigenvalue weighted by Gasteiger charge is -2.26. The molecule has 2 N–H and O–H groups in total. The minimum absolute atomic E-state index is 0.0724. The molecule has 1 amide bonds. The lowest BCUT2D eigenvalue weighted by Crippen LogP contribution is -2.31. The Morgan fingerprint density at radius 1 is 1.16 bits per heavy atom. The Balaban J connectivity index is 1.71. The fourth-order valence-electron chi connectivity index (χ4n) is 3.56. The number of nitrogens with one attached hydrogen (secondary N) is 2. The van der Waals surface area contributed by atoms with E-state index in [-0.39, 0.29) is 35.3 Å². The molecule has 4 rings (SSSR count). The summed E-state index contributed by atoms with van der Waals surface area (Å²) in [6.07, 6.45) is 0.0724. The summed E-state index contributed by atoms with van der Waals surface area (Å²) >= 11 is 1.18. The predicted octanol–water partition coefficient (Wildman–Crippen LogP) is 3.69. The number of hydrogen-bond acceptors (Lipinski definition) is 6. The number of fused-ring (bicyclic) bond motifs is 1. The van der Waals surface area contributed by atoms with Crippen LogP contribution in [0, 0.1) is 5.82 Å². The number of hydrogen-bond donors (Lipinski definition) is 2. The number of methoxy groups -OCH3 is 2. The Hall–Kier alpha value is -3.33. The summed E-state index contributed by atoms with van der Waals surface area (Å²) in [4.78, 5) is 32.6. The highest BCUT2D eigenvalue weighted by molar-refractivity contribution is 7.98. The molecule has 2 aromatic carbocycles. The largest absolute Gasteiger partial charge is 0.497 e. The number of nitrogens with zero attached hydrogens (tertiary/aromatic N) is 1. The molecule has 1 aromatic heterocycles. The molecule has 1 aliphatic heterocycles. The van der Waals surface area contributed by atoms with Crippen LogP contribution in [0.3, 0.4) is 0 Å². The van der Waals surface area contributed by atoms with Gasteiger partial charge in [-0.15, -0.1) is 0 Å². The number of aromatic nitrogens is 2. The smallest absolute Gasteiger partial charge is 0.257 e. The summed E-state index contributed by atoms with van der Waals surface area (Å²) in [6, 6.07) is 11.7. The number of thioether (sulfide) groups is 1. The van der Waals surface area contributed by atoms with Gasteiger partial charge in [-0.2, -0.15) is 0 Å². The van der Waals surface area contributed by atoms with Crippen LogP contribution < -0.4 is 20.3 Å². The van der Waals surface area contributed by atoms with Gasteiger partial charge in [-0.25, -0.2) is 9.37 Å². The molecule has 1 atom stereocenters. The zero-order valence-corrected chi connectivity index (χ0v) is 17.7. The number of anilines is 1. The van der Waals surface area contributed by atoms with Crippen molar-refractivity contribution >= 4 is 23.5 Å². The normalized spacial score (nSPS) is 15.2. The van der Waals surface area contributed by atoms with Crippen LogP contribution in [0.2, 0.25) is 0 Å². The first-order valence-corrected chi connectivity index (χ1v) is 10.5. The van der Waals surface area contributed by atoms with Crippen LogP contribution in [0.4, 0.5) is 10.2 Å². The number of H-pyrrole nitrogens is 1. The van der Waals surface area contributed by atoms with Gasteiger partial charge < -0.3 is 19.8 Å². The van der Waals surface area contributed by atoms with Gasteiger partial charge in [-0.1, -0.05) is 30.0 Å². The van der Waals surface area contributed by atoms with Crippen LogP contribution in [0.5, 0.6) is 11.5 Å². The maximum atomic E-state index is 13.9. The lowest BCUT2D eigenvalue weighted by molar-refractivity contribution is -0.116. The molecule has 0 bridgehead atoms. The van der Waals surface area contributed by atoms with E-state index in [0.29, 0.717) is 33.3 Å². The van der Waals surface area contributed by atoms with E-state index in [1.54, 1.807) is 43.5 Å². The molecular weight excluding hydrogens is 421 g/mol. The zero-order chi connectivity index (χ0) is 22.0. The molecule has 0 fully saturated rings. The monoisotopic (exact) mass is 441 g/mol. The van der Waals surface area contributed by atoms with E-state index < -0.39 is 5.92 Å². The zero-order valence-electron chi connectivity index (χ0n) is 16.9. The summed E-state index contributed by atoms with van der Waals surface area (Å²) in [5, 5.41) is 2.98. The van der Waals surface area contributed by atoms with Gasteiger partial charge in [0.1, 0.15) is 23.1 Å².